The quantitative estimate of drug-likeness (QED) is 0.593. The molecule has 3 aromatic carbocycles. The molecule has 0 amide bonds. The standard InChI is InChI=1S/C22H23O2P/c1-3-23-18-15-16-21(24-4-2)22(17-18)25(19-11-7-5-8-12-19)20-13-9-6-10-14-20/h5-17H,3-4H2,1-2H3. The van der Waals surface area contributed by atoms with E-state index < -0.39 is 7.92 Å². The fourth-order valence-electron chi connectivity index (χ4n) is 2.79. The van der Waals surface area contributed by atoms with Gasteiger partial charge in [-0.3, -0.25) is 0 Å². The van der Waals surface area contributed by atoms with E-state index >= 15 is 0 Å². The van der Waals surface area contributed by atoms with Crippen molar-refractivity contribution in [1.29, 1.82) is 0 Å². The van der Waals surface area contributed by atoms with Crippen LogP contribution in [0, 0.1) is 0 Å². The van der Waals surface area contributed by atoms with Crippen LogP contribution in [-0.4, -0.2) is 13.2 Å². The highest BCUT2D eigenvalue weighted by Crippen LogP contribution is 2.37. The molecule has 0 aliphatic carbocycles. The molecule has 0 aliphatic heterocycles. The molecule has 128 valence electrons. The Morgan fingerprint density at radius 2 is 1.24 bits per heavy atom. The normalized spacial score (nSPS) is 10.7. The largest absolute Gasteiger partial charge is 0.494 e. The van der Waals surface area contributed by atoms with Gasteiger partial charge in [-0.15, -0.1) is 0 Å². The minimum Gasteiger partial charge on any atom is -0.494 e. The van der Waals surface area contributed by atoms with Crippen molar-refractivity contribution in [2.24, 2.45) is 0 Å². The summed E-state index contributed by atoms with van der Waals surface area (Å²) in [5.74, 6) is 1.82. The molecule has 0 N–H and O–H groups in total. The molecule has 0 bridgehead atoms. The van der Waals surface area contributed by atoms with Crippen LogP contribution >= 0.6 is 7.92 Å². The highest BCUT2D eigenvalue weighted by atomic mass is 31.1. The Kier molecular flexibility index (Phi) is 6.09. The molecule has 3 heteroatoms. The average Bonchev–Trinajstić information content (AvgIpc) is 2.66. The van der Waals surface area contributed by atoms with Gasteiger partial charge in [0.15, 0.2) is 0 Å². The summed E-state index contributed by atoms with van der Waals surface area (Å²) in [5, 5.41) is 3.80. The van der Waals surface area contributed by atoms with E-state index in [4.69, 9.17) is 9.47 Å². The molecule has 0 aliphatic rings. The van der Waals surface area contributed by atoms with Gasteiger partial charge in [-0.05, 0) is 50.6 Å². The maximum Gasteiger partial charge on any atom is 0.127 e. The molecule has 3 rings (SSSR count). The Morgan fingerprint density at radius 1 is 0.680 bits per heavy atom. The molecule has 0 unspecified atom stereocenters. The first-order valence-corrected chi connectivity index (χ1v) is 9.97. The molecule has 3 aromatic rings. The first-order valence-electron chi connectivity index (χ1n) is 8.63. The van der Waals surface area contributed by atoms with Gasteiger partial charge in [-0.2, -0.15) is 0 Å². The Balaban J connectivity index is 2.17. The zero-order chi connectivity index (χ0) is 17.5. The summed E-state index contributed by atoms with van der Waals surface area (Å²) in [5.41, 5.74) is 0. The fraction of sp³-hybridized carbons (Fsp3) is 0.182. The number of rotatable bonds is 7. The molecular formula is C22H23O2P. The molecule has 0 heterocycles. The second-order valence-corrected chi connectivity index (χ2v) is 7.69. The topological polar surface area (TPSA) is 18.5 Å². The van der Waals surface area contributed by atoms with E-state index in [0.717, 1.165) is 11.5 Å². The summed E-state index contributed by atoms with van der Waals surface area (Å²) in [7, 11) is -0.710. The third-order valence-electron chi connectivity index (χ3n) is 3.81. The van der Waals surface area contributed by atoms with Crippen molar-refractivity contribution in [2.75, 3.05) is 13.2 Å². The molecule has 0 saturated carbocycles. The molecule has 0 aromatic heterocycles. The first-order chi connectivity index (χ1) is 12.3. The molecule has 0 saturated heterocycles. The predicted molar refractivity (Wildman–Crippen MR) is 107 cm³/mol. The number of benzene rings is 3. The second kappa shape index (κ2) is 8.69. The highest BCUT2D eigenvalue weighted by Gasteiger charge is 2.21. The van der Waals surface area contributed by atoms with Gasteiger partial charge in [-0.1, -0.05) is 60.7 Å². The summed E-state index contributed by atoms with van der Waals surface area (Å²) in [6, 6.07) is 27.4. The van der Waals surface area contributed by atoms with Crippen LogP contribution in [0.5, 0.6) is 11.5 Å². The van der Waals surface area contributed by atoms with Gasteiger partial charge in [0.25, 0.3) is 0 Å². The van der Waals surface area contributed by atoms with E-state index in [1.807, 2.05) is 26.0 Å². The molecule has 0 spiro atoms. The van der Waals surface area contributed by atoms with E-state index in [0.29, 0.717) is 13.2 Å². The van der Waals surface area contributed by atoms with Crippen LogP contribution in [0.3, 0.4) is 0 Å². The Labute approximate surface area is 151 Å². The van der Waals surface area contributed by atoms with E-state index in [9.17, 15) is 0 Å². The first kappa shape index (κ1) is 17.5. The number of ether oxygens (including phenoxy) is 2. The van der Waals surface area contributed by atoms with Gasteiger partial charge in [0.1, 0.15) is 11.5 Å². The van der Waals surface area contributed by atoms with E-state index in [1.165, 1.54) is 15.9 Å². The van der Waals surface area contributed by atoms with Crippen LogP contribution < -0.4 is 25.4 Å². The maximum atomic E-state index is 5.95. The summed E-state index contributed by atoms with van der Waals surface area (Å²) in [6.45, 7) is 5.33. The van der Waals surface area contributed by atoms with Crippen molar-refractivity contribution < 1.29 is 9.47 Å². The Bertz CT molecular complexity index is 748. The third-order valence-corrected chi connectivity index (χ3v) is 6.27. The minimum absolute atomic E-state index is 0.647. The van der Waals surface area contributed by atoms with Gasteiger partial charge in [0.2, 0.25) is 0 Å². The lowest BCUT2D eigenvalue weighted by molar-refractivity contribution is 0.333. The predicted octanol–water partition coefficient (Wildman–Crippen LogP) is 4.24. The number of hydrogen-bond acceptors (Lipinski definition) is 2. The van der Waals surface area contributed by atoms with Crippen molar-refractivity contribution in [3.8, 4) is 11.5 Å². The molecular weight excluding hydrogens is 327 g/mol. The maximum absolute atomic E-state index is 5.95. The lowest BCUT2D eigenvalue weighted by atomic mass is 10.3. The van der Waals surface area contributed by atoms with E-state index in [1.54, 1.807) is 0 Å². The van der Waals surface area contributed by atoms with Gasteiger partial charge in [0.05, 0.1) is 13.2 Å². The van der Waals surface area contributed by atoms with Crippen molar-refractivity contribution >= 4 is 23.8 Å². The van der Waals surface area contributed by atoms with Gasteiger partial charge in [0, 0.05) is 5.30 Å². The van der Waals surface area contributed by atoms with Crippen LogP contribution in [0.25, 0.3) is 0 Å². The van der Waals surface area contributed by atoms with E-state index in [-0.39, 0.29) is 0 Å². The third kappa shape index (κ3) is 4.21. The van der Waals surface area contributed by atoms with Crippen LogP contribution in [0.15, 0.2) is 78.9 Å². The SMILES string of the molecule is CCOc1ccc(OCC)c(P(c2ccccc2)c2ccccc2)c1. The number of hydrogen-bond donors (Lipinski definition) is 0. The second-order valence-electron chi connectivity index (χ2n) is 5.50. The van der Waals surface area contributed by atoms with Crippen LogP contribution in [0.2, 0.25) is 0 Å². The monoisotopic (exact) mass is 350 g/mol. The zero-order valence-corrected chi connectivity index (χ0v) is 15.6. The van der Waals surface area contributed by atoms with Crippen molar-refractivity contribution in [2.45, 2.75) is 13.8 Å². The van der Waals surface area contributed by atoms with Crippen LogP contribution in [0.4, 0.5) is 0 Å². The summed E-state index contributed by atoms with van der Waals surface area (Å²) in [6.07, 6.45) is 0. The Morgan fingerprint density at radius 3 is 1.76 bits per heavy atom. The van der Waals surface area contributed by atoms with Gasteiger partial charge < -0.3 is 9.47 Å². The van der Waals surface area contributed by atoms with Crippen molar-refractivity contribution in [1.82, 2.24) is 0 Å². The molecule has 0 atom stereocenters. The summed E-state index contributed by atoms with van der Waals surface area (Å²) >= 11 is 0. The summed E-state index contributed by atoms with van der Waals surface area (Å²) in [4.78, 5) is 0. The van der Waals surface area contributed by atoms with Crippen molar-refractivity contribution in [3.63, 3.8) is 0 Å². The highest BCUT2D eigenvalue weighted by molar-refractivity contribution is 7.80. The van der Waals surface area contributed by atoms with Crippen molar-refractivity contribution in [3.05, 3.63) is 78.9 Å². The Hall–Kier alpha value is -2.31. The van der Waals surface area contributed by atoms with Gasteiger partial charge in [-0.25, -0.2) is 0 Å². The minimum atomic E-state index is -0.710. The van der Waals surface area contributed by atoms with Crippen LogP contribution in [-0.2, 0) is 0 Å². The molecule has 0 radical (unpaired) electrons. The molecule has 0 fully saturated rings. The van der Waals surface area contributed by atoms with Gasteiger partial charge >= 0.3 is 0 Å². The lowest BCUT2D eigenvalue weighted by Crippen LogP contribution is -2.22. The molecule has 25 heavy (non-hydrogen) atoms. The van der Waals surface area contributed by atoms with Crippen LogP contribution in [0.1, 0.15) is 13.8 Å². The zero-order valence-electron chi connectivity index (χ0n) is 14.7. The lowest BCUT2D eigenvalue weighted by Gasteiger charge is -2.22. The van der Waals surface area contributed by atoms with E-state index in [2.05, 4.69) is 66.7 Å². The smallest absolute Gasteiger partial charge is 0.127 e. The molecule has 2 nitrogen and oxygen atoms in total. The fourth-order valence-corrected chi connectivity index (χ4v) is 5.20. The average molecular weight is 350 g/mol. The summed E-state index contributed by atoms with van der Waals surface area (Å²) < 4.78 is 11.7.